The molecule has 2 heterocycles. The van der Waals surface area contributed by atoms with E-state index in [1.807, 2.05) is 43.3 Å². The average Bonchev–Trinajstić information content (AvgIpc) is 2.73. The maximum Gasteiger partial charge on any atom is 0.223 e. The third-order valence-electron chi connectivity index (χ3n) is 5.22. The number of aromatic nitrogens is 2. The molecule has 0 radical (unpaired) electrons. The van der Waals surface area contributed by atoms with Crippen molar-refractivity contribution in [3.05, 3.63) is 36.4 Å². The second kappa shape index (κ2) is 8.84. The minimum absolute atomic E-state index is 0.0936. The van der Waals surface area contributed by atoms with E-state index in [2.05, 4.69) is 27.3 Å². The molecule has 6 heteroatoms. The fourth-order valence-electron chi connectivity index (χ4n) is 3.33. The number of anilines is 1. The summed E-state index contributed by atoms with van der Waals surface area (Å²) in [5.41, 5.74) is 1.72. The molecule has 1 amide bonds. The Bertz CT molecular complexity index is 755. The van der Waals surface area contributed by atoms with Gasteiger partial charge in [0.15, 0.2) is 5.82 Å². The van der Waals surface area contributed by atoms with Gasteiger partial charge >= 0.3 is 0 Å². The van der Waals surface area contributed by atoms with E-state index in [4.69, 9.17) is 4.74 Å². The molecule has 1 N–H and O–H groups in total. The van der Waals surface area contributed by atoms with Gasteiger partial charge in [0.1, 0.15) is 5.75 Å². The number of amides is 1. The van der Waals surface area contributed by atoms with Gasteiger partial charge in [-0.05, 0) is 50.5 Å². The summed E-state index contributed by atoms with van der Waals surface area (Å²) >= 11 is 0. The van der Waals surface area contributed by atoms with E-state index in [9.17, 15) is 4.79 Å². The number of piperidine rings is 1. The van der Waals surface area contributed by atoms with Crippen LogP contribution in [0.5, 0.6) is 5.75 Å². The van der Waals surface area contributed by atoms with Crippen molar-refractivity contribution in [1.29, 1.82) is 0 Å². The zero-order valence-corrected chi connectivity index (χ0v) is 16.3. The molecule has 2 aromatic rings. The Labute approximate surface area is 160 Å². The van der Waals surface area contributed by atoms with Gasteiger partial charge < -0.3 is 15.0 Å². The lowest BCUT2D eigenvalue weighted by molar-refractivity contribution is -0.126. The van der Waals surface area contributed by atoms with Gasteiger partial charge in [-0.3, -0.25) is 4.79 Å². The maximum atomic E-state index is 12.3. The van der Waals surface area contributed by atoms with Crippen molar-refractivity contribution < 1.29 is 9.53 Å². The molecule has 27 heavy (non-hydrogen) atoms. The monoisotopic (exact) mass is 368 g/mol. The lowest BCUT2D eigenvalue weighted by atomic mass is 9.95. The van der Waals surface area contributed by atoms with Gasteiger partial charge in [0.2, 0.25) is 5.91 Å². The third-order valence-corrected chi connectivity index (χ3v) is 5.22. The molecule has 1 aromatic heterocycles. The molecular weight excluding hydrogens is 340 g/mol. The fraction of sp³-hybridized carbons (Fsp3) is 0.476. The zero-order chi connectivity index (χ0) is 19.2. The predicted octanol–water partition coefficient (Wildman–Crippen LogP) is 3.28. The van der Waals surface area contributed by atoms with E-state index in [-0.39, 0.29) is 17.9 Å². The van der Waals surface area contributed by atoms with Crippen molar-refractivity contribution in [1.82, 2.24) is 15.5 Å². The van der Waals surface area contributed by atoms with Crippen LogP contribution in [-0.4, -0.2) is 42.3 Å². The van der Waals surface area contributed by atoms with Gasteiger partial charge in [-0.25, -0.2) is 0 Å². The van der Waals surface area contributed by atoms with Crippen molar-refractivity contribution >= 4 is 11.7 Å². The molecule has 1 saturated heterocycles. The van der Waals surface area contributed by atoms with Gasteiger partial charge in [0.05, 0.1) is 12.8 Å². The Morgan fingerprint density at radius 3 is 2.59 bits per heavy atom. The first-order chi connectivity index (χ1) is 13.1. The van der Waals surface area contributed by atoms with Crippen molar-refractivity contribution in [2.75, 3.05) is 25.1 Å². The number of nitrogens with one attached hydrogen (secondary N) is 1. The number of methoxy groups -OCH3 is 1. The molecule has 1 aliphatic heterocycles. The van der Waals surface area contributed by atoms with Crippen LogP contribution in [0.2, 0.25) is 0 Å². The largest absolute Gasteiger partial charge is 0.496 e. The van der Waals surface area contributed by atoms with Crippen LogP contribution in [0.15, 0.2) is 36.4 Å². The predicted molar refractivity (Wildman–Crippen MR) is 107 cm³/mol. The molecule has 3 rings (SSSR count). The number of carbonyl (C=O) groups excluding carboxylic acids is 1. The van der Waals surface area contributed by atoms with E-state index in [0.29, 0.717) is 0 Å². The summed E-state index contributed by atoms with van der Waals surface area (Å²) in [5, 5.41) is 11.9. The molecule has 0 aliphatic carbocycles. The number of rotatable bonds is 6. The highest BCUT2D eigenvalue weighted by Crippen LogP contribution is 2.29. The molecule has 1 unspecified atom stereocenters. The van der Waals surface area contributed by atoms with Crippen LogP contribution < -0.4 is 15.0 Å². The normalized spacial score (nSPS) is 16.0. The highest BCUT2D eigenvalue weighted by Gasteiger charge is 2.26. The number of nitrogens with zero attached hydrogens (tertiary/aromatic N) is 3. The Kier molecular flexibility index (Phi) is 6.27. The summed E-state index contributed by atoms with van der Waals surface area (Å²) in [6, 6.07) is 12.0. The smallest absolute Gasteiger partial charge is 0.223 e. The standard InChI is InChI=1S/C21H28N4O2/c1-4-15(2)22-21(26)16-11-13-25(14-12-16)20-10-9-18(23-24-20)17-7-5-6-8-19(17)27-3/h5-10,15-16H,4,11-14H2,1-3H3,(H,22,26). The summed E-state index contributed by atoms with van der Waals surface area (Å²) < 4.78 is 5.40. The van der Waals surface area contributed by atoms with Crippen molar-refractivity contribution in [3.8, 4) is 17.0 Å². The summed E-state index contributed by atoms with van der Waals surface area (Å²) in [6.45, 7) is 5.77. The second-order valence-corrected chi connectivity index (χ2v) is 7.06. The minimum atomic E-state index is 0.0936. The van der Waals surface area contributed by atoms with Crippen LogP contribution in [0, 0.1) is 5.92 Å². The maximum absolute atomic E-state index is 12.3. The Morgan fingerprint density at radius 1 is 1.22 bits per heavy atom. The van der Waals surface area contributed by atoms with Gasteiger partial charge in [-0.15, -0.1) is 10.2 Å². The molecule has 0 bridgehead atoms. The number of hydrogen-bond acceptors (Lipinski definition) is 5. The second-order valence-electron chi connectivity index (χ2n) is 7.06. The van der Waals surface area contributed by atoms with Gasteiger partial charge in [-0.1, -0.05) is 19.1 Å². The number of benzene rings is 1. The van der Waals surface area contributed by atoms with E-state index in [1.165, 1.54) is 0 Å². The molecule has 1 atom stereocenters. The topological polar surface area (TPSA) is 67.4 Å². The van der Waals surface area contributed by atoms with E-state index in [1.54, 1.807) is 7.11 Å². The first-order valence-corrected chi connectivity index (χ1v) is 9.64. The molecule has 6 nitrogen and oxygen atoms in total. The van der Waals surface area contributed by atoms with Crippen LogP contribution in [0.25, 0.3) is 11.3 Å². The number of ether oxygens (including phenoxy) is 1. The van der Waals surface area contributed by atoms with Crippen LogP contribution in [0.1, 0.15) is 33.1 Å². The first-order valence-electron chi connectivity index (χ1n) is 9.64. The first kappa shape index (κ1) is 19.1. The van der Waals surface area contributed by atoms with Gasteiger partial charge in [0.25, 0.3) is 0 Å². The fourth-order valence-corrected chi connectivity index (χ4v) is 3.33. The van der Waals surface area contributed by atoms with Gasteiger partial charge in [0, 0.05) is 30.6 Å². The molecule has 0 spiro atoms. The molecular formula is C21H28N4O2. The minimum Gasteiger partial charge on any atom is -0.496 e. The van der Waals surface area contributed by atoms with E-state index >= 15 is 0 Å². The van der Waals surface area contributed by atoms with E-state index in [0.717, 1.165) is 55.2 Å². The average molecular weight is 368 g/mol. The molecule has 0 saturated carbocycles. The summed E-state index contributed by atoms with van der Waals surface area (Å²) in [5.74, 6) is 1.92. The summed E-state index contributed by atoms with van der Waals surface area (Å²) in [4.78, 5) is 14.5. The number of hydrogen-bond donors (Lipinski definition) is 1. The Hall–Kier alpha value is -2.63. The highest BCUT2D eigenvalue weighted by atomic mass is 16.5. The Morgan fingerprint density at radius 2 is 1.96 bits per heavy atom. The third kappa shape index (κ3) is 4.56. The molecule has 1 fully saturated rings. The zero-order valence-electron chi connectivity index (χ0n) is 16.3. The lowest BCUT2D eigenvalue weighted by Gasteiger charge is -2.32. The Balaban J connectivity index is 1.61. The molecule has 1 aromatic carbocycles. The number of carbonyl (C=O) groups is 1. The van der Waals surface area contributed by atoms with E-state index < -0.39 is 0 Å². The molecule has 1 aliphatic rings. The SMILES string of the molecule is CCC(C)NC(=O)C1CCN(c2ccc(-c3ccccc3OC)nn2)CC1. The summed E-state index contributed by atoms with van der Waals surface area (Å²) in [6.07, 6.45) is 2.65. The number of para-hydroxylation sites is 1. The quantitative estimate of drug-likeness (QED) is 0.847. The van der Waals surface area contributed by atoms with Gasteiger partial charge in [-0.2, -0.15) is 0 Å². The van der Waals surface area contributed by atoms with Crippen LogP contribution in [-0.2, 0) is 4.79 Å². The van der Waals surface area contributed by atoms with Crippen LogP contribution in [0.4, 0.5) is 5.82 Å². The molecule has 144 valence electrons. The van der Waals surface area contributed by atoms with Crippen LogP contribution >= 0.6 is 0 Å². The lowest BCUT2D eigenvalue weighted by Crippen LogP contribution is -2.43. The summed E-state index contributed by atoms with van der Waals surface area (Å²) in [7, 11) is 1.65. The van der Waals surface area contributed by atoms with Crippen LogP contribution in [0.3, 0.4) is 0 Å². The van der Waals surface area contributed by atoms with Crippen molar-refractivity contribution in [3.63, 3.8) is 0 Å². The van der Waals surface area contributed by atoms with Crippen molar-refractivity contribution in [2.24, 2.45) is 5.92 Å². The highest BCUT2D eigenvalue weighted by molar-refractivity contribution is 5.79. The van der Waals surface area contributed by atoms with Crippen molar-refractivity contribution in [2.45, 2.75) is 39.2 Å².